The van der Waals surface area contributed by atoms with Crippen LogP contribution in [0.15, 0.2) is 0 Å². The van der Waals surface area contributed by atoms with E-state index >= 15 is 0 Å². The van der Waals surface area contributed by atoms with Crippen molar-refractivity contribution in [1.82, 2.24) is 15.5 Å². The predicted molar refractivity (Wildman–Crippen MR) is 67.4 cm³/mol. The number of hydrogen-bond acceptors (Lipinski definition) is 4. The Morgan fingerprint density at radius 3 is 2.28 bits per heavy atom. The summed E-state index contributed by atoms with van der Waals surface area (Å²) in [5.41, 5.74) is 0. The highest BCUT2D eigenvalue weighted by atomic mass is 16.4. The third-order valence-electron chi connectivity index (χ3n) is 2.62. The fraction of sp³-hybridized carbons (Fsp3) is 0.818. The van der Waals surface area contributed by atoms with Crippen molar-refractivity contribution in [2.45, 2.75) is 32.4 Å². The molecule has 4 N–H and O–H groups in total. The average molecular weight is 261 g/mol. The number of nitrogens with zero attached hydrogens (tertiary/aromatic N) is 1. The topological polar surface area (TPSA) is 102 Å². The minimum absolute atomic E-state index is 0.00531. The number of likely N-dealkylation sites (N-methyl/N-ethyl adjacent to an activating group) is 1. The summed E-state index contributed by atoms with van der Waals surface area (Å²) in [4.78, 5) is 23.7. The van der Waals surface area contributed by atoms with Gasteiger partial charge in [0.25, 0.3) is 0 Å². The largest absolute Gasteiger partial charge is 0.479 e. The van der Waals surface area contributed by atoms with Gasteiger partial charge in [-0.2, -0.15) is 0 Å². The second-order valence-electron chi connectivity index (χ2n) is 4.40. The Kier molecular flexibility index (Phi) is 8.06. The van der Waals surface area contributed by atoms with Crippen molar-refractivity contribution in [3.05, 3.63) is 0 Å². The zero-order valence-electron chi connectivity index (χ0n) is 11.1. The van der Waals surface area contributed by atoms with Gasteiger partial charge in [0.15, 0.2) is 6.10 Å². The number of carboxylic acids is 1. The van der Waals surface area contributed by atoms with Gasteiger partial charge in [-0.1, -0.05) is 0 Å². The second kappa shape index (κ2) is 8.71. The third kappa shape index (κ3) is 7.86. The third-order valence-corrected chi connectivity index (χ3v) is 2.62. The van der Waals surface area contributed by atoms with Crippen LogP contribution in [0.25, 0.3) is 0 Å². The van der Waals surface area contributed by atoms with Crippen molar-refractivity contribution in [3.8, 4) is 0 Å². The van der Waals surface area contributed by atoms with Gasteiger partial charge in [-0.25, -0.2) is 9.59 Å². The molecule has 106 valence electrons. The van der Waals surface area contributed by atoms with Crippen LogP contribution in [-0.2, 0) is 4.79 Å². The molecule has 1 unspecified atom stereocenters. The Morgan fingerprint density at radius 2 is 1.78 bits per heavy atom. The number of rotatable bonds is 8. The number of aliphatic hydroxyl groups excluding tert-OH is 1. The number of nitrogens with one attached hydrogen (secondary N) is 2. The molecule has 0 aliphatic heterocycles. The maximum absolute atomic E-state index is 11.3. The average Bonchev–Trinajstić information content (AvgIpc) is 2.28. The van der Waals surface area contributed by atoms with E-state index < -0.39 is 12.1 Å². The molecule has 0 saturated carbocycles. The van der Waals surface area contributed by atoms with E-state index in [9.17, 15) is 9.59 Å². The van der Waals surface area contributed by atoms with Gasteiger partial charge in [0.1, 0.15) is 0 Å². The van der Waals surface area contributed by atoms with E-state index in [1.165, 1.54) is 0 Å². The molecular formula is C11H23N3O4. The maximum atomic E-state index is 11.3. The van der Waals surface area contributed by atoms with Crippen molar-refractivity contribution in [2.75, 3.05) is 26.7 Å². The van der Waals surface area contributed by atoms with Crippen LogP contribution in [0.2, 0.25) is 0 Å². The molecule has 1 atom stereocenters. The summed E-state index contributed by atoms with van der Waals surface area (Å²) >= 11 is 0. The molecule has 0 radical (unpaired) electrons. The van der Waals surface area contributed by atoms with Gasteiger partial charge in [-0.05, 0) is 20.9 Å². The Balaban J connectivity index is 3.58. The number of amides is 2. The summed E-state index contributed by atoms with van der Waals surface area (Å²) in [6.45, 7) is 5.50. The second-order valence-corrected chi connectivity index (χ2v) is 4.40. The Bertz CT molecular complexity index is 271. The smallest absolute Gasteiger partial charge is 0.332 e. The number of aliphatic carboxylic acids is 1. The summed E-state index contributed by atoms with van der Waals surface area (Å²) in [5.74, 6) is -1.28. The monoisotopic (exact) mass is 261 g/mol. The maximum Gasteiger partial charge on any atom is 0.332 e. The summed E-state index contributed by atoms with van der Waals surface area (Å²) in [5, 5.41) is 22.5. The molecule has 0 aromatic rings. The molecule has 0 aromatic heterocycles. The van der Waals surface area contributed by atoms with Crippen LogP contribution >= 0.6 is 0 Å². The molecule has 7 nitrogen and oxygen atoms in total. The van der Waals surface area contributed by atoms with Crippen LogP contribution in [0, 0.1) is 0 Å². The van der Waals surface area contributed by atoms with Crippen LogP contribution in [0.1, 0.15) is 20.3 Å². The van der Waals surface area contributed by atoms with Gasteiger partial charge in [-0.15, -0.1) is 0 Å². The first-order valence-electron chi connectivity index (χ1n) is 5.97. The molecule has 0 saturated heterocycles. The van der Waals surface area contributed by atoms with Crippen molar-refractivity contribution < 1.29 is 19.8 Å². The van der Waals surface area contributed by atoms with Crippen LogP contribution in [0.4, 0.5) is 4.79 Å². The Morgan fingerprint density at radius 1 is 1.22 bits per heavy atom. The van der Waals surface area contributed by atoms with Crippen LogP contribution in [0.3, 0.4) is 0 Å². The lowest BCUT2D eigenvalue weighted by Gasteiger charge is -2.20. The highest BCUT2D eigenvalue weighted by Crippen LogP contribution is 1.91. The molecular weight excluding hydrogens is 238 g/mol. The van der Waals surface area contributed by atoms with Crippen molar-refractivity contribution in [2.24, 2.45) is 0 Å². The minimum atomic E-state index is -1.43. The van der Waals surface area contributed by atoms with Gasteiger partial charge >= 0.3 is 12.0 Å². The van der Waals surface area contributed by atoms with E-state index in [4.69, 9.17) is 10.2 Å². The summed E-state index contributed by atoms with van der Waals surface area (Å²) in [7, 11) is 1.97. The molecule has 0 aromatic carbocycles. The molecule has 0 bridgehead atoms. The number of aliphatic hydroxyl groups is 1. The quantitative estimate of drug-likeness (QED) is 0.470. The molecule has 0 aliphatic rings. The summed E-state index contributed by atoms with van der Waals surface area (Å²) in [6.07, 6.45) is -1.44. The standard InChI is InChI=1S/C11H23N3O4/c1-8(2)14(3)7-6-13-11(18)12-5-4-9(15)10(16)17/h8-9,15H,4-7H2,1-3H3,(H,16,17)(H2,12,13,18). The highest BCUT2D eigenvalue weighted by Gasteiger charge is 2.12. The lowest BCUT2D eigenvalue weighted by atomic mass is 10.2. The molecule has 18 heavy (non-hydrogen) atoms. The van der Waals surface area contributed by atoms with Gasteiger partial charge in [0.05, 0.1) is 0 Å². The first-order valence-corrected chi connectivity index (χ1v) is 5.97. The van der Waals surface area contributed by atoms with Crippen molar-refractivity contribution in [1.29, 1.82) is 0 Å². The highest BCUT2D eigenvalue weighted by molar-refractivity contribution is 5.74. The number of hydrogen-bond donors (Lipinski definition) is 4. The van der Waals surface area contributed by atoms with E-state index in [0.717, 1.165) is 6.54 Å². The van der Waals surface area contributed by atoms with Crippen LogP contribution < -0.4 is 10.6 Å². The first kappa shape index (κ1) is 16.7. The first-order chi connectivity index (χ1) is 8.34. The Hall–Kier alpha value is -1.34. The predicted octanol–water partition coefficient (Wildman–Crippen LogP) is -0.539. The zero-order chi connectivity index (χ0) is 14.1. The number of carbonyl (C=O) groups is 2. The van der Waals surface area contributed by atoms with E-state index in [-0.39, 0.29) is 19.0 Å². The lowest BCUT2D eigenvalue weighted by molar-refractivity contribution is -0.146. The fourth-order valence-electron chi connectivity index (χ4n) is 1.11. The SMILES string of the molecule is CC(C)N(C)CCNC(=O)NCCC(O)C(=O)O. The van der Waals surface area contributed by atoms with Gasteiger partial charge in [-0.3, -0.25) is 0 Å². The summed E-state index contributed by atoms with van der Waals surface area (Å²) < 4.78 is 0. The van der Waals surface area contributed by atoms with Crippen molar-refractivity contribution in [3.63, 3.8) is 0 Å². The molecule has 0 spiro atoms. The van der Waals surface area contributed by atoms with E-state index in [1.54, 1.807) is 0 Å². The van der Waals surface area contributed by atoms with Gasteiger partial charge in [0, 0.05) is 32.1 Å². The number of carboxylic acid groups (broad SMARTS) is 1. The number of urea groups is 1. The minimum Gasteiger partial charge on any atom is -0.479 e. The molecule has 0 rings (SSSR count). The number of carbonyl (C=O) groups excluding carboxylic acids is 1. The molecule has 0 heterocycles. The van der Waals surface area contributed by atoms with Crippen molar-refractivity contribution >= 4 is 12.0 Å². The zero-order valence-corrected chi connectivity index (χ0v) is 11.1. The van der Waals surface area contributed by atoms with Gasteiger partial charge < -0.3 is 25.7 Å². The van der Waals surface area contributed by atoms with E-state index in [2.05, 4.69) is 29.4 Å². The molecule has 0 fully saturated rings. The van der Waals surface area contributed by atoms with Gasteiger partial charge in [0.2, 0.25) is 0 Å². The fourth-order valence-corrected chi connectivity index (χ4v) is 1.11. The molecule has 2 amide bonds. The lowest BCUT2D eigenvalue weighted by Crippen LogP contribution is -2.41. The normalized spacial score (nSPS) is 12.6. The van der Waals surface area contributed by atoms with E-state index in [0.29, 0.717) is 12.6 Å². The molecule has 7 heteroatoms. The Labute approximate surface area is 107 Å². The van der Waals surface area contributed by atoms with Crippen LogP contribution in [-0.4, -0.2) is 65.9 Å². The summed E-state index contributed by atoms with van der Waals surface area (Å²) in [6, 6.07) is 0.0605. The molecule has 0 aliphatic carbocycles. The van der Waals surface area contributed by atoms with Crippen LogP contribution in [0.5, 0.6) is 0 Å². The van der Waals surface area contributed by atoms with E-state index in [1.807, 2.05) is 7.05 Å².